The van der Waals surface area contributed by atoms with Crippen molar-refractivity contribution in [3.63, 3.8) is 0 Å². The smallest absolute Gasteiger partial charge is 0.335 e. The number of nitrogens with one attached hydrogen (secondary N) is 1. The molecule has 0 aromatic heterocycles. The average Bonchev–Trinajstić information content (AvgIpc) is 2.38. The van der Waals surface area contributed by atoms with Crippen LogP contribution in [-0.2, 0) is 0 Å². The van der Waals surface area contributed by atoms with Gasteiger partial charge < -0.3 is 10.4 Å². The number of hydrogen-bond acceptors (Lipinski definition) is 5. The van der Waals surface area contributed by atoms with Crippen molar-refractivity contribution in [1.82, 2.24) is 0 Å². The Kier molecular flexibility index (Phi) is 6.14. The molecule has 7 heteroatoms. The average molecular weight is 284 g/mol. The van der Waals surface area contributed by atoms with E-state index < -0.39 is 10.9 Å². The third-order valence-electron chi connectivity index (χ3n) is 2.53. The molecule has 104 valence electrons. The number of benzene rings is 1. The molecule has 0 aliphatic rings. The summed E-state index contributed by atoms with van der Waals surface area (Å²) < 4.78 is 0. The van der Waals surface area contributed by atoms with Gasteiger partial charge in [0.25, 0.3) is 5.69 Å². The van der Waals surface area contributed by atoms with Gasteiger partial charge in [0.05, 0.1) is 10.5 Å². The van der Waals surface area contributed by atoms with Crippen molar-refractivity contribution in [1.29, 1.82) is 0 Å². The van der Waals surface area contributed by atoms with Crippen LogP contribution in [0.1, 0.15) is 23.2 Å². The molecule has 0 fully saturated rings. The van der Waals surface area contributed by atoms with Crippen LogP contribution in [0.5, 0.6) is 0 Å². The van der Waals surface area contributed by atoms with E-state index in [-0.39, 0.29) is 16.9 Å². The minimum absolute atomic E-state index is 0.0391. The maximum absolute atomic E-state index is 10.9. The molecule has 19 heavy (non-hydrogen) atoms. The quantitative estimate of drug-likeness (QED) is 0.433. The van der Waals surface area contributed by atoms with Gasteiger partial charge in [-0.3, -0.25) is 10.1 Å². The van der Waals surface area contributed by atoms with Crippen LogP contribution in [0, 0.1) is 10.1 Å². The van der Waals surface area contributed by atoms with Gasteiger partial charge in [-0.25, -0.2) is 4.79 Å². The highest BCUT2D eigenvalue weighted by atomic mass is 32.2. The first-order valence-electron chi connectivity index (χ1n) is 5.80. The van der Waals surface area contributed by atoms with E-state index in [1.807, 2.05) is 6.26 Å². The van der Waals surface area contributed by atoms with Crippen molar-refractivity contribution in [2.45, 2.75) is 12.8 Å². The van der Waals surface area contributed by atoms with Gasteiger partial charge in [-0.05, 0) is 37.0 Å². The van der Waals surface area contributed by atoms with Crippen molar-refractivity contribution in [2.75, 3.05) is 23.9 Å². The molecule has 0 unspecified atom stereocenters. The number of nitro benzene ring substituents is 1. The second kappa shape index (κ2) is 7.63. The highest BCUT2D eigenvalue weighted by Gasteiger charge is 2.15. The molecule has 0 heterocycles. The van der Waals surface area contributed by atoms with Gasteiger partial charge in [0, 0.05) is 12.6 Å². The van der Waals surface area contributed by atoms with Gasteiger partial charge >= 0.3 is 5.97 Å². The monoisotopic (exact) mass is 284 g/mol. The highest BCUT2D eigenvalue weighted by Crippen LogP contribution is 2.25. The van der Waals surface area contributed by atoms with E-state index in [0.29, 0.717) is 6.54 Å². The minimum Gasteiger partial charge on any atom is -0.478 e. The first-order chi connectivity index (χ1) is 9.06. The van der Waals surface area contributed by atoms with E-state index in [2.05, 4.69) is 5.32 Å². The number of aromatic carboxylic acids is 1. The number of carboxylic acid groups (broad SMARTS) is 1. The molecular formula is C12H16N2O4S. The topological polar surface area (TPSA) is 92.5 Å². The van der Waals surface area contributed by atoms with Crippen LogP contribution in [0.15, 0.2) is 18.2 Å². The summed E-state index contributed by atoms with van der Waals surface area (Å²) in [5, 5.41) is 22.7. The molecule has 0 aliphatic carbocycles. The summed E-state index contributed by atoms with van der Waals surface area (Å²) in [5.41, 5.74) is 0.195. The van der Waals surface area contributed by atoms with Crippen molar-refractivity contribution in [3.8, 4) is 0 Å². The Hall–Kier alpha value is -1.76. The normalized spacial score (nSPS) is 10.2. The number of unbranched alkanes of at least 4 members (excludes halogenated alkanes) is 1. The maximum atomic E-state index is 10.9. The number of rotatable bonds is 8. The molecule has 0 saturated heterocycles. The van der Waals surface area contributed by atoms with E-state index in [1.54, 1.807) is 11.8 Å². The summed E-state index contributed by atoms with van der Waals surface area (Å²) in [7, 11) is 0. The first kappa shape index (κ1) is 15.3. The van der Waals surface area contributed by atoms with Crippen LogP contribution in [0.3, 0.4) is 0 Å². The summed E-state index contributed by atoms with van der Waals surface area (Å²) in [4.78, 5) is 21.2. The number of carboxylic acids is 1. The second-order valence-electron chi connectivity index (χ2n) is 3.92. The highest BCUT2D eigenvalue weighted by molar-refractivity contribution is 7.98. The molecule has 0 saturated carbocycles. The first-order valence-corrected chi connectivity index (χ1v) is 7.20. The van der Waals surface area contributed by atoms with E-state index in [0.717, 1.165) is 18.6 Å². The second-order valence-corrected chi connectivity index (χ2v) is 4.91. The SMILES string of the molecule is CSCCCCNc1cc(C(=O)O)ccc1[N+](=O)[O-]. The summed E-state index contributed by atoms with van der Waals surface area (Å²) in [6, 6.07) is 3.75. The largest absolute Gasteiger partial charge is 0.478 e. The van der Waals surface area contributed by atoms with Crippen LogP contribution in [0.4, 0.5) is 11.4 Å². The van der Waals surface area contributed by atoms with Crippen molar-refractivity contribution >= 4 is 29.1 Å². The Balaban J connectivity index is 2.74. The molecular weight excluding hydrogens is 268 g/mol. The lowest BCUT2D eigenvalue weighted by atomic mass is 10.1. The Morgan fingerprint density at radius 2 is 2.21 bits per heavy atom. The number of carbonyl (C=O) groups is 1. The molecule has 6 nitrogen and oxygen atoms in total. The number of thioether (sulfide) groups is 1. The van der Waals surface area contributed by atoms with E-state index >= 15 is 0 Å². The summed E-state index contributed by atoms with van der Waals surface area (Å²) in [6.45, 7) is 0.588. The zero-order valence-electron chi connectivity index (χ0n) is 10.6. The fourth-order valence-electron chi connectivity index (χ4n) is 1.56. The molecule has 0 amide bonds. The molecule has 1 aromatic rings. The van der Waals surface area contributed by atoms with Gasteiger partial charge in [0.2, 0.25) is 0 Å². The van der Waals surface area contributed by atoms with Crippen LogP contribution < -0.4 is 5.32 Å². The Bertz CT molecular complexity index is 465. The van der Waals surface area contributed by atoms with Crippen molar-refractivity contribution in [2.24, 2.45) is 0 Å². The third kappa shape index (κ3) is 4.78. The zero-order valence-corrected chi connectivity index (χ0v) is 11.4. The Morgan fingerprint density at radius 3 is 2.79 bits per heavy atom. The van der Waals surface area contributed by atoms with Gasteiger partial charge in [-0.15, -0.1) is 0 Å². The number of nitrogens with zero attached hydrogens (tertiary/aromatic N) is 1. The number of hydrogen-bond donors (Lipinski definition) is 2. The van der Waals surface area contributed by atoms with Crippen LogP contribution in [0.2, 0.25) is 0 Å². The Morgan fingerprint density at radius 1 is 1.47 bits per heavy atom. The molecule has 0 spiro atoms. The Labute approximate surface area is 115 Å². The predicted octanol–water partition coefficient (Wildman–Crippen LogP) is 2.85. The fourth-order valence-corrected chi connectivity index (χ4v) is 2.06. The zero-order chi connectivity index (χ0) is 14.3. The minimum atomic E-state index is -1.10. The lowest BCUT2D eigenvalue weighted by molar-refractivity contribution is -0.384. The van der Waals surface area contributed by atoms with Gasteiger partial charge in [-0.1, -0.05) is 0 Å². The molecule has 0 atom stereocenters. The maximum Gasteiger partial charge on any atom is 0.335 e. The lowest BCUT2D eigenvalue weighted by Gasteiger charge is -2.07. The van der Waals surface area contributed by atoms with Crippen LogP contribution in [-0.4, -0.2) is 34.6 Å². The van der Waals surface area contributed by atoms with Gasteiger partial charge in [-0.2, -0.15) is 11.8 Å². The summed E-state index contributed by atoms with van der Waals surface area (Å²) in [5.74, 6) is -0.0563. The van der Waals surface area contributed by atoms with Crippen molar-refractivity contribution in [3.05, 3.63) is 33.9 Å². The summed E-state index contributed by atoms with van der Waals surface area (Å²) in [6.07, 6.45) is 3.92. The molecule has 1 rings (SSSR count). The number of anilines is 1. The fraction of sp³-hybridized carbons (Fsp3) is 0.417. The van der Waals surface area contributed by atoms with Crippen molar-refractivity contribution < 1.29 is 14.8 Å². The van der Waals surface area contributed by atoms with Crippen LogP contribution in [0.25, 0.3) is 0 Å². The molecule has 0 bridgehead atoms. The van der Waals surface area contributed by atoms with Gasteiger partial charge in [0.15, 0.2) is 0 Å². The predicted molar refractivity (Wildman–Crippen MR) is 76.2 cm³/mol. The van der Waals surface area contributed by atoms with E-state index in [9.17, 15) is 14.9 Å². The third-order valence-corrected chi connectivity index (χ3v) is 3.23. The molecule has 0 aliphatic heterocycles. The molecule has 1 aromatic carbocycles. The van der Waals surface area contributed by atoms with E-state index in [1.165, 1.54) is 18.2 Å². The standard InChI is InChI=1S/C12H16N2O4S/c1-19-7-3-2-6-13-10-8-9(12(15)16)4-5-11(10)14(17)18/h4-5,8,13H,2-3,6-7H2,1H3,(H,15,16). The van der Waals surface area contributed by atoms with Crippen LogP contribution >= 0.6 is 11.8 Å². The summed E-state index contributed by atoms with van der Waals surface area (Å²) >= 11 is 1.75. The molecule has 0 radical (unpaired) electrons. The van der Waals surface area contributed by atoms with E-state index in [4.69, 9.17) is 5.11 Å². The lowest BCUT2D eigenvalue weighted by Crippen LogP contribution is -2.06. The number of nitro groups is 1. The molecule has 2 N–H and O–H groups in total. The van der Waals surface area contributed by atoms with Gasteiger partial charge in [0.1, 0.15) is 5.69 Å².